The second kappa shape index (κ2) is 11.2. The molecule has 1 fully saturated rings. The van der Waals surface area contributed by atoms with E-state index in [0.29, 0.717) is 5.56 Å². The molecule has 5 atom stereocenters. The van der Waals surface area contributed by atoms with Crippen molar-refractivity contribution in [2.24, 2.45) is 0 Å². The number of ether oxygens (including phenoxy) is 3. The fraction of sp³-hybridized carbons (Fsp3) is 0.476. The third-order valence-corrected chi connectivity index (χ3v) is 5.81. The smallest absolute Gasteiger partial charge is 0.338 e. The Morgan fingerprint density at radius 1 is 1.25 bits per heavy atom. The quantitative estimate of drug-likeness (QED) is 0.254. The van der Waals surface area contributed by atoms with E-state index in [1.807, 2.05) is 0 Å². The Labute approximate surface area is 198 Å². The first-order chi connectivity index (χ1) is 15.3. The van der Waals surface area contributed by atoms with Crippen LogP contribution in [0.5, 0.6) is 0 Å². The Kier molecular flexibility index (Phi) is 8.59. The summed E-state index contributed by atoms with van der Waals surface area (Å²) in [6.45, 7) is 1.09. The van der Waals surface area contributed by atoms with Crippen LogP contribution in [0.2, 0.25) is 0 Å². The fourth-order valence-corrected chi connectivity index (χ4v) is 3.80. The van der Waals surface area contributed by atoms with Gasteiger partial charge in [0.1, 0.15) is 31.1 Å². The zero-order valence-corrected chi connectivity index (χ0v) is 19.5. The van der Waals surface area contributed by atoms with Gasteiger partial charge in [0.05, 0.1) is 18.3 Å². The van der Waals surface area contributed by atoms with Gasteiger partial charge in [-0.2, -0.15) is 0 Å². The molecule has 0 aromatic heterocycles. The van der Waals surface area contributed by atoms with Crippen LogP contribution in [-0.4, -0.2) is 78.4 Å². The van der Waals surface area contributed by atoms with Gasteiger partial charge in [0.2, 0.25) is 11.8 Å². The summed E-state index contributed by atoms with van der Waals surface area (Å²) in [6.07, 6.45) is -1.46. The van der Waals surface area contributed by atoms with E-state index in [1.54, 1.807) is 30.3 Å². The van der Waals surface area contributed by atoms with E-state index in [9.17, 15) is 19.5 Å². The number of nitrogens with one attached hydrogen (secondary N) is 2. The normalized spacial score (nSPS) is 24.0. The van der Waals surface area contributed by atoms with E-state index < -0.39 is 48.2 Å². The van der Waals surface area contributed by atoms with Crippen molar-refractivity contribution in [2.75, 3.05) is 19.9 Å². The number of halogens is 1. The SMILES string of the molecule is CC(O)C(NC(=O)C1=CC2OCOC2C(OC(=O)c2ccc(I)cc2)C1)C(=O)NCCO. The van der Waals surface area contributed by atoms with Gasteiger partial charge in [0, 0.05) is 22.1 Å². The first-order valence-electron chi connectivity index (χ1n) is 10.1. The van der Waals surface area contributed by atoms with Gasteiger partial charge in [-0.3, -0.25) is 9.59 Å². The number of fused-ring (bicyclic) bond motifs is 1. The van der Waals surface area contributed by atoms with Crippen molar-refractivity contribution in [1.29, 1.82) is 0 Å². The molecule has 1 aliphatic carbocycles. The van der Waals surface area contributed by atoms with Crippen LogP contribution < -0.4 is 10.6 Å². The molecule has 0 saturated carbocycles. The van der Waals surface area contributed by atoms with Gasteiger partial charge in [-0.05, 0) is 59.9 Å². The number of hydrogen-bond acceptors (Lipinski definition) is 8. The Bertz CT molecular complexity index is 873. The molecule has 4 N–H and O–H groups in total. The average molecular weight is 560 g/mol. The third kappa shape index (κ3) is 6.04. The molecule has 0 bridgehead atoms. The lowest BCUT2D eigenvalue weighted by Crippen LogP contribution is -2.54. The number of esters is 1. The number of aliphatic hydroxyl groups excluding tert-OH is 2. The Morgan fingerprint density at radius 2 is 1.97 bits per heavy atom. The monoisotopic (exact) mass is 560 g/mol. The summed E-state index contributed by atoms with van der Waals surface area (Å²) >= 11 is 2.13. The van der Waals surface area contributed by atoms with Crippen LogP contribution in [0.15, 0.2) is 35.9 Å². The Hall–Kier alpha value is -2.06. The van der Waals surface area contributed by atoms with Crippen LogP contribution in [0.4, 0.5) is 0 Å². The minimum Gasteiger partial charge on any atom is -0.456 e. The van der Waals surface area contributed by atoms with Gasteiger partial charge in [0.25, 0.3) is 0 Å². The molecule has 11 heteroatoms. The van der Waals surface area contributed by atoms with Crippen molar-refractivity contribution in [1.82, 2.24) is 10.6 Å². The summed E-state index contributed by atoms with van der Waals surface area (Å²) in [4.78, 5) is 37.7. The van der Waals surface area contributed by atoms with Gasteiger partial charge in [0.15, 0.2) is 0 Å². The Balaban J connectivity index is 1.71. The standard InChI is InChI=1S/C21H25IN2O8/c1-11(26)17(20(28)23-6-7-25)24-19(27)13-8-15-18(31-10-30-15)16(9-13)32-21(29)12-2-4-14(22)5-3-12/h2-5,8,11,15-18,25-26H,6-7,9-10H2,1H3,(H,23,28)(H,24,27). The van der Waals surface area contributed by atoms with Crippen LogP contribution in [0.1, 0.15) is 23.7 Å². The van der Waals surface area contributed by atoms with E-state index in [2.05, 4.69) is 33.2 Å². The van der Waals surface area contributed by atoms with E-state index in [4.69, 9.17) is 19.3 Å². The summed E-state index contributed by atoms with van der Waals surface area (Å²) in [5.74, 6) is -1.77. The second-order valence-corrected chi connectivity index (χ2v) is 8.68. The molecule has 1 saturated heterocycles. The largest absolute Gasteiger partial charge is 0.456 e. The summed E-state index contributed by atoms with van der Waals surface area (Å²) in [7, 11) is 0. The summed E-state index contributed by atoms with van der Waals surface area (Å²) in [6, 6.07) is 5.65. The van der Waals surface area contributed by atoms with E-state index >= 15 is 0 Å². The van der Waals surface area contributed by atoms with Crippen molar-refractivity contribution >= 4 is 40.4 Å². The first-order valence-corrected chi connectivity index (χ1v) is 11.2. The summed E-state index contributed by atoms with van der Waals surface area (Å²) in [5, 5.41) is 23.7. The molecule has 32 heavy (non-hydrogen) atoms. The molecule has 0 spiro atoms. The van der Waals surface area contributed by atoms with E-state index in [1.165, 1.54) is 6.92 Å². The highest BCUT2D eigenvalue weighted by molar-refractivity contribution is 14.1. The van der Waals surface area contributed by atoms with Crippen molar-refractivity contribution in [3.63, 3.8) is 0 Å². The minimum absolute atomic E-state index is 0.00181. The lowest BCUT2D eigenvalue weighted by atomic mass is 9.91. The van der Waals surface area contributed by atoms with Gasteiger partial charge in [-0.1, -0.05) is 0 Å². The van der Waals surface area contributed by atoms with E-state index in [-0.39, 0.29) is 31.9 Å². The molecule has 0 radical (unpaired) electrons. The number of carbonyl (C=O) groups excluding carboxylic acids is 3. The second-order valence-electron chi connectivity index (χ2n) is 7.43. The fourth-order valence-electron chi connectivity index (χ4n) is 3.44. The number of hydrogen-bond donors (Lipinski definition) is 4. The maximum absolute atomic E-state index is 12.9. The number of carbonyl (C=O) groups is 3. The van der Waals surface area contributed by atoms with Crippen molar-refractivity contribution in [3.05, 3.63) is 45.0 Å². The molecule has 3 rings (SSSR count). The van der Waals surface area contributed by atoms with Crippen LogP contribution in [0.3, 0.4) is 0 Å². The van der Waals surface area contributed by atoms with Crippen molar-refractivity contribution in [3.8, 4) is 0 Å². The third-order valence-electron chi connectivity index (χ3n) is 5.09. The molecular formula is C21H25IN2O8. The first kappa shape index (κ1) is 24.6. The molecule has 2 aliphatic rings. The predicted molar refractivity (Wildman–Crippen MR) is 119 cm³/mol. The number of benzene rings is 1. The molecule has 5 unspecified atom stereocenters. The van der Waals surface area contributed by atoms with Gasteiger partial charge in [-0.25, -0.2) is 4.79 Å². The topological polar surface area (TPSA) is 143 Å². The zero-order valence-electron chi connectivity index (χ0n) is 17.3. The molecule has 2 amide bonds. The van der Waals surface area contributed by atoms with Crippen LogP contribution in [0, 0.1) is 3.57 Å². The highest BCUT2D eigenvalue weighted by Gasteiger charge is 2.43. The molecule has 10 nitrogen and oxygen atoms in total. The maximum Gasteiger partial charge on any atom is 0.338 e. The van der Waals surface area contributed by atoms with Gasteiger partial charge in [-0.15, -0.1) is 0 Å². The number of amides is 2. The molecular weight excluding hydrogens is 535 g/mol. The van der Waals surface area contributed by atoms with Crippen LogP contribution >= 0.6 is 22.6 Å². The number of aliphatic hydroxyl groups is 2. The molecule has 174 valence electrons. The molecule has 1 aromatic rings. The average Bonchev–Trinajstić information content (AvgIpc) is 3.24. The zero-order chi connectivity index (χ0) is 23.3. The lowest BCUT2D eigenvalue weighted by Gasteiger charge is -2.31. The minimum atomic E-state index is -1.22. The highest BCUT2D eigenvalue weighted by atomic mass is 127. The van der Waals surface area contributed by atoms with Crippen molar-refractivity contribution in [2.45, 2.75) is 43.8 Å². The van der Waals surface area contributed by atoms with Gasteiger partial charge < -0.3 is 35.1 Å². The Morgan fingerprint density at radius 3 is 2.62 bits per heavy atom. The summed E-state index contributed by atoms with van der Waals surface area (Å²) in [5.41, 5.74) is 0.619. The maximum atomic E-state index is 12.9. The molecule has 1 heterocycles. The lowest BCUT2D eigenvalue weighted by molar-refractivity contribution is -0.130. The van der Waals surface area contributed by atoms with Crippen LogP contribution in [-0.2, 0) is 23.8 Å². The predicted octanol–water partition coefficient (Wildman–Crippen LogP) is -0.138. The molecule has 1 aliphatic heterocycles. The van der Waals surface area contributed by atoms with E-state index in [0.717, 1.165) is 3.57 Å². The van der Waals surface area contributed by atoms with Crippen LogP contribution in [0.25, 0.3) is 0 Å². The summed E-state index contributed by atoms with van der Waals surface area (Å²) < 4.78 is 17.7. The number of rotatable bonds is 8. The molecule has 1 aromatic carbocycles. The van der Waals surface area contributed by atoms with Gasteiger partial charge >= 0.3 is 5.97 Å². The van der Waals surface area contributed by atoms with Crippen molar-refractivity contribution < 1.29 is 38.8 Å². The highest BCUT2D eigenvalue weighted by Crippen LogP contribution is 2.31.